The highest BCUT2D eigenvalue weighted by Gasteiger charge is 2.37. The molecule has 0 bridgehead atoms. The summed E-state index contributed by atoms with van der Waals surface area (Å²) in [4.78, 5) is 21.2. The molecule has 1 fully saturated rings. The minimum absolute atomic E-state index is 0.0263. The van der Waals surface area contributed by atoms with Gasteiger partial charge in [0.15, 0.2) is 0 Å². The average Bonchev–Trinajstić information content (AvgIpc) is 3.25. The first-order valence-electron chi connectivity index (χ1n) is 8.98. The van der Waals surface area contributed by atoms with Gasteiger partial charge in [0.2, 0.25) is 0 Å². The Labute approximate surface area is 154 Å². The maximum Gasteiger partial charge on any atom is 0.272 e. The number of hydrogen-bond donors (Lipinski definition) is 0. The van der Waals surface area contributed by atoms with Crippen LogP contribution in [0.3, 0.4) is 0 Å². The standard InChI is InChI=1S/C19H27N5O2/c1-5-26-13-15-11-24(12-17(15)14-9-21-23(4)10-14)19(25)18-8-16(22(2)3)6-7-20-18/h6-10,15,17H,5,11-13H2,1-4H3/t15-,17-/m0/s1. The molecular formula is C19H27N5O2. The maximum absolute atomic E-state index is 13.0. The molecule has 1 aliphatic heterocycles. The van der Waals surface area contributed by atoms with E-state index in [-0.39, 0.29) is 17.7 Å². The predicted octanol–water partition coefficient (Wildman–Crippen LogP) is 1.77. The Kier molecular flexibility index (Phi) is 5.56. The molecule has 1 amide bonds. The molecule has 0 saturated carbocycles. The Hall–Kier alpha value is -2.41. The summed E-state index contributed by atoms with van der Waals surface area (Å²) in [6, 6.07) is 3.74. The van der Waals surface area contributed by atoms with Crippen molar-refractivity contribution in [1.29, 1.82) is 0 Å². The minimum atomic E-state index is -0.0263. The van der Waals surface area contributed by atoms with Crippen LogP contribution in [0.4, 0.5) is 5.69 Å². The van der Waals surface area contributed by atoms with Crippen LogP contribution in [0.1, 0.15) is 28.9 Å². The first-order chi connectivity index (χ1) is 12.5. The van der Waals surface area contributed by atoms with Crippen molar-refractivity contribution in [3.8, 4) is 0 Å². The zero-order valence-corrected chi connectivity index (χ0v) is 15.9. The number of hydrogen-bond acceptors (Lipinski definition) is 5. The largest absolute Gasteiger partial charge is 0.381 e. The van der Waals surface area contributed by atoms with Crippen molar-refractivity contribution in [3.63, 3.8) is 0 Å². The van der Waals surface area contributed by atoms with Crippen LogP contribution in [0, 0.1) is 5.92 Å². The molecule has 26 heavy (non-hydrogen) atoms. The van der Waals surface area contributed by atoms with E-state index in [2.05, 4.69) is 10.1 Å². The van der Waals surface area contributed by atoms with E-state index in [4.69, 9.17) is 4.74 Å². The monoisotopic (exact) mass is 357 g/mol. The maximum atomic E-state index is 13.0. The number of amides is 1. The lowest BCUT2D eigenvalue weighted by Gasteiger charge is -2.18. The molecule has 140 valence electrons. The fraction of sp³-hybridized carbons (Fsp3) is 0.526. The van der Waals surface area contributed by atoms with Crippen LogP contribution in [0.25, 0.3) is 0 Å². The Morgan fingerprint density at radius 3 is 2.85 bits per heavy atom. The van der Waals surface area contributed by atoms with E-state index in [1.165, 1.54) is 0 Å². The van der Waals surface area contributed by atoms with Crippen LogP contribution in [0.2, 0.25) is 0 Å². The molecule has 1 aliphatic rings. The van der Waals surface area contributed by atoms with Crippen molar-refractivity contribution in [2.45, 2.75) is 12.8 Å². The topological polar surface area (TPSA) is 63.5 Å². The Morgan fingerprint density at radius 2 is 2.19 bits per heavy atom. The van der Waals surface area contributed by atoms with Gasteiger partial charge in [-0.2, -0.15) is 5.10 Å². The Morgan fingerprint density at radius 1 is 1.38 bits per heavy atom. The van der Waals surface area contributed by atoms with Crippen LogP contribution >= 0.6 is 0 Å². The summed E-state index contributed by atoms with van der Waals surface area (Å²) in [6.45, 7) is 4.65. The lowest BCUT2D eigenvalue weighted by atomic mass is 9.92. The highest BCUT2D eigenvalue weighted by atomic mass is 16.5. The first-order valence-corrected chi connectivity index (χ1v) is 8.98. The molecular weight excluding hydrogens is 330 g/mol. The number of ether oxygens (including phenoxy) is 1. The van der Waals surface area contributed by atoms with Crippen LogP contribution in [0.5, 0.6) is 0 Å². The highest BCUT2D eigenvalue weighted by molar-refractivity contribution is 5.93. The van der Waals surface area contributed by atoms with Gasteiger partial charge in [0.25, 0.3) is 5.91 Å². The fourth-order valence-electron chi connectivity index (χ4n) is 3.46. The molecule has 2 aromatic heterocycles. The van der Waals surface area contributed by atoms with Crippen LogP contribution in [-0.2, 0) is 11.8 Å². The van der Waals surface area contributed by atoms with Crippen LogP contribution in [0.15, 0.2) is 30.7 Å². The van der Waals surface area contributed by atoms with Gasteiger partial charge in [-0.15, -0.1) is 0 Å². The zero-order valence-electron chi connectivity index (χ0n) is 15.9. The van der Waals surface area contributed by atoms with E-state index in [0.717, 1.165) is 11.3 Å². The molecule has 1 saturated heterocycles. The summed E-state index contributed by atoms with van der Waals surface area (Å²) < 4.78 is 7.48. The van der Waals surface area contributed by atoms with E-state index in [9.17, 15) is 4.79 Å². The normalized spacial score (nSPS) is 19.8. The van der Waals surface area contributed by atoms with Gasteiger partial charge in [-0.05, 0) is 24.6 Å². The molecule has 0 radical (unpaired) electrons. The fourth-order valence-corrected chi connectivity index (χ4v) is 3.46. The summed E-state index contributed by atoms with van der Waals surface area (Å²) in [5.74, 6) is 0.470. The third-order valence-corrected chi connectivity index (χ3v) is 4.90. The molecule has 3 rings (SSSR count). The van der Waals surface area contributed by atoms with Gasteiger partial charge in [-0.25, -0.2) is 0 Å². The summed E-state index contributed by atoms with van der Waals surface area (Å²) in [6.07, 6.45) is 5.61. The van der Waals surface area contributed by atoms with E-state index in [1.807, 2.05) is 62.4 Å². The van der Waals surface area contributed by atoms with E-state index in [0.29, 0.717) is 32.0 Å². The molecule has 0 aromatic carbocycles. The SMILES string of the molecule is CCOC[C@@H]1CN(C(=O)c2cc(N(C)C)ccn2)C[C@H]1c1cnn(C)c1. The number of likely N-dealkylation sites (tertiary alicyclic amines) is 1. The predicted molar refractivity (Wildman–Crippen MR) is 100 cm³/mol. The quantitative estimate of drug-likeness (QED) is 0.788. The van der Waals surface area contributed by atoms with Crippen LogP contribution in [-0.4, -0.2) is 66.0 Å². The Bertz CT molecular complexity index is 758. The number of aryl methyl sites for hydroxylation is 1. The van der Waals surface area contributed by atoms with Gasteiger partial charge in [-0.1, -0.05) is 0 Å². The minimum Gasteiger partial charge on any atom is -0.381 e. The van der Waals surface area contributed by atoms with Crippen molar-refractivity contribution < 1.29 is 9.53 Å². The van der Waals surface area contributed by atoms with Crippen LogP contribution < -0.4 is 4.90 Å². The van der Waals surface area contributed by atoms with Crippen molar-refractivity contribution >= 4 is 11.6 Å². The van der Waals surface area contributed by atoms with E-state index in [1.54, 1.807) is 10.9 Å². The summed E-state index contributed by atoms with van der Waals surface area (Å²) in [5.41, 5.74) is 2.61. The molecule has 7 heteroatoms. The second kappa shape index (κ2) is 7.86. The molecule has 2 aromatic rings. The zero-order chi connectivity index (χ0) is 18.7. The van der Waals surface area contributed by atoms with Gasteiger partial charge >= 0.3 is 0 Å². The number of carbonyl (C=O) groups excluding carboxylic acids is 1. The molecule has 3 heterocycles. The molecule has 0 unspecified atom stereocenters. The molecule has 2 atom stereocenters. The Balaban J connectivity index is 1.79. The molecule has 0 aliphatic carbocycles. The first kappa shape index (κ1) is 18.4. The second-order valence-corrected chi connectivity index (χ2v) is 6.98. The second-order valence-electron chi connectivity index (χ2n) is 6.98. The summed E-state index contributed by atoms with van der Waals surface area (Å²) >= 11 is 0. The molecule has 7 nitrogen and oxygen atoms in total. The number of anilines is 1. The van der Waals surface area contributed by atoms with Gasteiger partial charge < -0.3 is 14.5 Å². The van der Waals surface area contributed by atoms with Gasteiger partial charge in [-0.3, -0.25) is 14.5 Å². The van der Waals surface area contributed by atoms with Crippen molar-refractivity contribution in [2.24, 2.45) is 13.0 Å². The number of rotatable bonds is 6. The molecule has 0 N–H and O–H groups in total. The lowest BCUT2D eigenvalue weighted by molar-refractivity contribution is 0.0757. The summed E-state index contributed by atoms with van der Waals surface area (Å²) in [7, 11) is 5.82. The molecule has 0 spiro atoms. The lowest BCUT2D eigenvalue weighted by Crippen LogP contribution is -2.30. The smallest absolute Gasteiger partial charge is 0.272 e. The van der Waals surface area contributed by atoms with Gasteiger partial charge in [0.1, 0.15) is 5.69 Å². The third-order valence-electron chi connectivity index (χ3n) is 4.90. The van der Waals surface area contributed by atoms with E-state index < -0.39 is 0 Å². The average molecular weight is 357 g/mol. The van der Waals surface area contributed by atoms with Crippen molar-refractivity contribution in [3.05, 3.63) is 42.0 Å². The number of aromatic nitrogens is 3. The number of pyridine rings is 1. The highest BCUT2D eigenvalue weighted by Crippen LogP contribution is 2.33. The van der Waals surface area contributed by atoms with Gasteiger partial charge in [0, 0.05) is 70.8 Å². The number of nitrogens with zero attached hydrogens (tertiary/aromatic N) is 5. The van der Waals surface area contributed by atoms with Crippen molar-refractivity contribution in [2.75, 3.05) is 45.3 Å². The van der Waals surface area contributed by atoms with E-state index >= 15 is 0 Å². The number of carbonyl (C=O) groups is 1. The summed E-state index contributed by atoms with van der Waals surface area (Å²) in [5, 5.41) is 4.29. The third kappa shape index (κ3) is 3.88. The van der Waals surface area contributed by atoms with Gasteiger partial charge in [0.05, 0.1) is 12.8 Å². The van der Waals surface area contributed by atoms with Crippen molar-refractivity contribution in [1.82, 2.24) is 19.7 Å².